The van der Waals surface area contributed by atoms with Crippen LogP contribution in [0.25, 0.3) is 0 Å². The van der Waals surface area contributed by atoms with Gasteiger partial charge in [0.2, 0.25) is 11.8 Å². The van der Waals surface area contributed by atoms with Crippen LogP contribution in [-0.2, 0) is 9.59 Å². The molecular formula is C16H24N2O4. The van der Waals surface area contributed by atoms with E-state index in [-0.39, 0.29) is 11.8 Å². The fourth-order valence-electron chi connectivity index (χ4n) is 1.73. The first kappa shape index (κ1) is 17.8. The van der Waals surface area contributed by atoms with E-state index in [1.54, 1.807) is 0 Å². The van der Waals surface area contributed by atoms with Crippen molar-refractivity contribution in [3.05, 3.63) is 24.3 Å². The second-order valence-electron chi connectivity index (χ2n) is 4.82. The number of hydrogen-bond donors (Lipinski definition) is 2. The normalized spacial score (nSPS) is 9.91. The van der Waals surface area contributed by atoms with E-state index in [1.807, 2.05) is 24.3 Å². The molecule has 0 aliphatic heterocycles. The number of para-hydroxylation sites is 2. The monoisotopic (exact) mass is 308 g/mol. The van der Waals surface area contributed by atoms with Crippen LogP contribution in [-0.4, -0.2) is 38.1 Å². The third-order valence-electron chi connectivity index (χ3n) is 2.75. The number of rotatable bonds is 10. The molecule has 6 heteroatoms. The van der Waals surface area contributed by atoms with Crippen LogP contribution in [0.4, 0.5) is 0 Å². The molecule has 0 atom stereocenters. The van der Waals surface area contributed by atoms with Crippen molar-refractivity contribution in [3.63, 3.8) is 0 Å². The van der Waals surface area contributed by atoms with E-state index < -0.39 is 0 Å². The molecule has 0 saturated carbocycles. The van der Waals surface area contributed by atoms with Gasteiger partial charge in [-0.05, 0) is 25.0 Å². The summed E-state index contributed by atoms with van der Waals surface area (Å²) in [6.45, 7) is 5.18. The van der Waals surface area contributed by atoms with Gasteiger partial charge in [-0.15, -0.1) is 0 Å². The van der Waals surface area contributed by atoms with Crippen LogP contribution in [0.5, 0.6) is 11.5 Å². The molecule has 22 heavy (non-hydrogen) atoms. The SMILES string of the molecule is CC(=O)NCCCOc1ccccc1OCCCNC(C)=O. The highest BCUT2D eigenvalue weighted by atomic mass is 16.5. The highest BCUT2D eigenvalue weighted by Gasteiger charge is 2.04. The maximum atomic E-state index is 10.7. The number of carbonyl (C=O) groups is 2. The molecule has 0 aliphatic carbocycles. The summed E-state index contributed by atoms with van der Waals surface area (Å²) in [4.78, 5) is 21.5. The van der Waals surface area contributed by atoms with Gasteiger partial charge in [0.15, 0.2) is 11.5 Å². The lowest BCUT2D eigenvalue weighted by atomic mass is 10.3. The van der Waals surface area contributed by atoms with Crippen LogP contribution in [0.15, 0.2) is 24.3 Å². The second kappa shape index (κ2) is 10.5. The van der Waals surface area contributed by atoms with Crippen LogP contribution in [0.2, 0.25) is 0 Å². The van der Waals surface area contributed by atoms with Gasteiger partial charge < -0.3 is 20.1 Å². The molecule has 0 aliphatic rings. The van der Waals surface area contributed by atoms with Gasteiger partial charge in [-0.3, -0.25) is 9.59 Å². The molecule has 1 rings (SSSR count). The molecule has 0 bridgehead atoms. The topological polar surface area (TPSA) is 76.7 Å². The quantitative estimate of drug-likeness (QED) is 0.642. The first-order valence-corrected chi connectivity index (χ1v) is 7.43. The van der Waals surface area contributed by atoms with E-state index in [9.17, 15) is 9.59 Å². The largest absolute Gasteiger partial charge is 0.490 e. The molecule has 0 spiro atoms. The molecule has 122 valence electrons. The molecule has 0 unspecified atom stereocenters. The van der Waals surface area contributed by atoms with Gasteiger partial charge >= 0.3 is 0 Å². The van der Waals surface area contributed by atoms with E-state index in [0.717, 1.165) is 12.8 Å². The van der Waals surface area contributed by atoms with Gasteiger partial charge in [-0.2, -0.15) is 0 Å². The maximum absolute atomic E-state index is 10.7. The van der Waals surface area contributed by atoms with Crippen molar-refractivity contribution in [2.75, 3.05) is 26.3 Å². The fraction of sp³-hybridized carbons (Fsp3) is 0.500. The van der Waals surface area contributed by atoms with Crippen molar-refractivity contribution in [2.24, 2.45) is 0 Å². The molecule has 6 nitrogen and oxygen atoms in total. The lowest BCUT2D eigenvalue weighted by Gasteiger charge is -2.12. The molecule has 0 fully saturated rings. The Bertz CT molecular complexity index is 434. The minimum Gasteiger partial charge on any atom is -0.490 e. The van der Waals surface area contributed by atoms with Crippen LogP contribution >= 0.6 is 0 Å². The summed E-state index contributed by atoms with van der Waals surface area (Å²) in [6, 6.07) is 7.46. The Hall–Kier alpha value is -2.24. The predicted molar refractivity (Wildman–Crippen MR) is 84.0 cm³/mol. The highest BCUT2D eigenvalue weighted by Crippen LogP contribution is 2.26. The van der Waals surface area contributed by atoms with E-state index in [0.29, 0.717) is 37.8 Å². The van der Waals surface area contributed by atoms with Crippen molar-refractivity contribution in [1.82, 2.24) is 10.6 Å². The summed E-state index contributed by atoms with van der Waals surface area (Å²) in [7, 11) is 0. The lowest BCUT2D eigenvalue weighted by Crippen LogP contribution is -2.22. The highest BCUT2D eigenvalue weighted by molar-refractivity contribution is 5.73. The summed E-state index contributed by atoms with van der Waals surface area (Å²) in [5.41, 5.74) is 0. The van der Waals surface area contributed by atoms with Crippen molar-refractivity contribution < 1.29 is 19.1 Å². The minimum absolute atomic E-state index is 0.0390. The molecule has 0 heterocycles. The van der Waals surface area contributed by atoms with E-state index in [4.69, 9.17) is 9.47 Å². The molecule has 2 amide bonds. The molecule has 0 saturated heterocycles. The Labute approximate surface area is 131 Å². The van der Waals surface area contributed by atoms with Gasteiger partial charge in [0, 0.05) is 26.9 Å². The average Bonchev–Trinajstić information content (AvgIpc) is 2.47. The third-order valence-corrected chi connectivity index (χ3v) is 2.75. The molecule has 1 aromatic carbocycles. The van der Waals surface area contributed by atoms with E-state index in [1.165, 1.54) is 13.8 Å². The van der Waals surface area contributed by atoms with Gasteiger partial charge in [0.05, 0.1) is 13.2 Å². The zero-order valence-electron chi connectivity index (χ0n) is 13.2. The van der Waals surface area contributed by atoms with Crippen LogP contribution in [0, 0.1) is 0 Å². The predicted octanol–water partition coefficient (Wildman–Crippen LogP) is 1.50. The Morgan fingerprint density at radius 2 is 1.27 bits per heavy atom. The molecule has 0 radical (unpaired) electrons. The smallest absolute Gasteiger partial charge is 0.216 e. The first-order valence-electron chi connectivity index (χ1n) is 7.43. The number of benzene rings is 1. The van der Waals surface area contributed by atoms with Crippen LogP contribution < -0.4 is 20.1 Å². The van der Waals surface area contributed by atoms with Crippen LogP contribution in [0.3, 0.4) is 0 Å². The second-order valence-corrected chi connectivity index (χ2v) is 4.82. The molecular weight excluding hydrogens is 284 g/mol. The summed E-state index contributed by atoms with van der Waals surface area (Å²) < 4.78 is 11.3. The number of carbonyl (C=O) groups excluding carboxylic acids is 2. The maximum Gasteiger partial charge on any atom is 0.216 e. The number of amides is 2. The Kier molecular flexibility index (Phi) is 8.49. The fourth-order valence-corrected chi connectivity index (χ4v) is 1.73. The summed E-state index contributed by atoms with van der Waals surface area (Å²) >= 11 is 0. The van der Waals surface area contributed by atoms with Crippen LogP contribution in [0.1, 0.15) is 26.7 Å². The Morgan fingerprint density at radius 3 is 1.64 bits per heavy atom. The van der Waals surface area contributed by atoms with Gasteiger partial charge in [-0.25, -0.2) is 0 Å². The van der Waals surface area contributed by atoms with Gasteiger partial charge in [0.1, 0.15) is 0 Å². The zero-order chi connectivity index (χ0) is 16.2. The van der Waals surface area contributed by atoms with Crippen molar-refractivity contribution in [2.45, 2.75) is 26.7 Å². The van der Waals surface area contributed by atoms with Crippen molar-refractivity contribution in [3.8, 4) is 11.5 Å². The standard InChI is InChI=1S/C16H24N2O4/c1-13(19)17-9-5-11-21-15-7-3-4-8-16(15)22-12-6-10-18-14(2)20/h3-4,7-8H,5-6,9-12H2,1-2H3,(H,17,19)(H,18,20). The average molecular weight is 308 g/mol. The Morgan fingerprint density at radius 1 is 0.864 bits per heavy atom. The molecule has 2 N–H and O–H groups in total. The van der Waals surface area contributed by atoms with Crippen molar-refractivity contribution >= 4 is 11.8 Å². The zero-order valence-corrected chi connectivity index (χ0v) is 13.2. The number of ether oxygens (including phenoxy) is 2. The third kappa shape index (κ3) is 8.14. The summed E-state index contributed by atoms with van der Waals surface area (Å²) in [6.07, 6.45) is 1.47. The lowest BCUT2D eigenvalue weighted by molar-refractivity contribution is -0.119. The van der Waals surface area contributed by atoms with E-state index >= 15 is 0 Å². The summed E-state index contributed by atoms with van der Waals surface area (Å²) in [5.74, 6) is 1.29. The van der Waals surface area contributed by atoms with E-state index in [2.05, 4.69) is 10.6 Å². The van der Waals surface area contributed by atoms with Gasteiger partial charge in [0.25, 0.3) is 0 Å². The minimum atomic E-state index is -0.0390. The molecule has 0 aromatic heterocycles. The number of hydrogen-bond acceptors (Lipinski definition) is 4. The molecule has 1 aromatic rings. The van der Waals surface area contributed by atoms with Crippen molar-refractivity contribution in [1.29, 1.82) is 0 Å². The first-order chi connectivity index (χ1) is 10.6. The van der Waals surface area contributed by atoms with Gasteiger partial charge in [-0.1, -0.05) is 12.1 Å². The Balaban J connectivity index is 2.28. The summed E-state index contributed by atoms with van der Waals surface area (Å²) in [5, 5.41) is 5.44. The number of nitrogens with one attached hydrogen (secondary N) is 2.